The van der Waals surface area contributed by atoms with Gasteiger partial charge in [-0.1, -0.05) is 0 Å². The lowest BCUT2D eigenvalue weighted by Crippen LogP contribution is -2.53. The highest BCUT2D eigenvalue weighted by molar-refractivity contribution is 4.93. The van der Waals surface area contributed by atoms with Gasteiger partial charge in [0.25, 0.3) is 0 Å². The fourth-order valence-corrected chi connectivity index (χ4v) is 2.90. The van der Waals surface area contributed by atoms with Gasteiger partial charge in [-0.15, -0.1) is 0 Å². The van der Waals surface area contributed by atoms with Gasteiger partial charge >= 0.3 is 0 Å². The van der Waals surface area contributed by atoms with Crippen molar-refractivity contribution in [1.82, 2.24) is 10.6 Å². The fraction of sp³-hybridized carbons (Fsp3) is 1.00. The summed E-state index contributed by atoms with van der Waals surface area (Å²) in [6.45, 7) is 6.19. The quantitative estimate of drug-likeness (QED) is 0.569. The summed E-state index contributed by atoms with van der Waals surface area (Å²) in [6, 6.07) is 0. The van der Waals surface area contributed by atoms with Crippen LogP contribution in [0.5, 0.6) is 0 Å². The Kier molecular flexibility index (Phi) is 3.10. The van der Waals surface area contributed by atoms with E-state index >= 15 is 0 Å². The topological polar surface area (TPSA) is 44.3 Å². The molecule has 0 radical (unpaired) electrons. The first kappa shape index (κ1) is 10.4. The Bertz CT molecular complexity index is 188. The Balaban J connectivity index is 1.99. The second-order valence-corrected chi connectivity index (χ2v) is 5.02. The molecule has 3 unspecified atom stereocenters. The molecule has 0 aromatic carbocycles. The molecule has 3 atom stereocenters. The third-order valence-corrected chi connectivity index (χ3v) is 3.88. The van der Waals surface area contributed by atoms with E-state index in [1.807, 2.05) is 6.92 Å². The number of hydrogen-bond acceptors (Lipinski definition) is 3. The lowest BCUT2D eigenvalue weighted by Gasteiger charge is -2.43. The molecular weight excluding hydrogens is 176 g/mol. The average Bonchev–Trinajstić information content (AvgIpc) is 2.18. The van der Waals surface area contributed by atoms with E-state index < -0.39 is 5.60 Å². The molecule has 0 amide bonds. The Morgan fingerprint density at radius 3 is 2.64 bits per heavy atom. The van der Waals surface area contributed by atoms with Crippen molar-refractivity contribution in [3.05, 3.63) is 0 Å². The summed E-state index contributed by atoms with van der Waals surface area (Å²) < 4.78 is 0. The Morgan fingerprint density at radius 2 is 2.00 bits per heavy atom. The molecule has 82 valence electrons. The van der Waals surface area contributed by atoms with E-state index in [2.05, 4.69) is 10.6 Å². The average molecular weight is 198 g/mol. The van der Waals surface area contributed by atoms with Gasteiger partial charge in [-0.2, -0.15) is 0 Å². The first-order valence-corrected chi connectivity index (χ1v) is 5.84. The molecule has 2 aliphatic rings. The van der Waals surface area contributed by atoms with Crippen LogP contribution in [-0.4, -0.2) is 36.9 Å². The van der Waals surface area contributed by atoms with E-state index in [4.69, 9.17) is 0 Å². The third kappa shape index (κ3) is 2.10. The smallest absolute Gasteiger partial charge is 0.0675 e. The van der Waals surface area contributed by atoms with Gasteiger partial charge in [0, 0.05) is 12.5 Å². The SMILES string of the molecule is CC1(O)CCNCC1C1CCCNC1. The molecule has 0 saturated carbocycles. The lowest BCUT2D eigenvalue weighted by molar-refractivity contribution is -0.0516. The van der Waals surface area contributed by atoms with Crippen molar-refractivity contribution in [2.24, 2.45) is 11.8 Å². The van der Waals surface area contributed by atoms with E-state index in [0.717, 1.165) is 32.6 Å². The fourth-order valence-electron chi connectivity index (χ4n) is 2.90. The number of rotatable bonds is 1. The maximum Gasteiger partial charge on any atom is 0.0675 e. The van der Waals surface area contributed by atoms with E-state index in [1.165, 1.54) is 12.8 Å². The van der Waals surface area contributed by atoms with Crippen LogP contribution in [0.3, 0.4) is 0 Å². The molecule has 2 fully saturated rings. The van der Waals surface area contributed by atoms with Crippen LogP contribution in [0, 0.1) is 11.8 Å². The first-order chi connectivity index (χ1) is 6.70. The predicted molar refractivity (Wildman–Crippen MR) is 57.2 cm³/mol. The Morgan fingerprint density at radius 1 is 1.21 bits per heavy atom. The van der Waals surface area contributed by atoms with Gasteiger partial charge in [0.05, 0.1) is 5.60 Å². The van der Waals surface area contributed by atoms with Crippen molar-refractivity contribution < 1.29 is 5.11 Å². The van der Waals surface area contributed by atoms with Gasteiger partial charge in [-0.3, -0.25) is 0 Å². The molecule has 2 heterocycles. The first-order valence-electron chi connectivity index (χ1n) is 5.84. The van der Waals surface area contributed by atoms with Crippen LogP contribution >= 0.6 is 0 Å². The molecule has 3 N–H and O–H groups in total. The molecule has 0 spiro atoms. The van der Waals surface area contributed by atoms with Gasteiger partial charge in [-0.25, -0.2) is 0 Å². The summed E-state index contributed by atoms with van der Waals surface area (Å²) >= 11 is 0. The molecule has 2 saturated heterocycles. The van der Waals surface area contributed by atoms with E-state index in [-0.39, 0.29) is 0 Å². The molecule has 3 nitrogen and oxygen atoms in total. The van der Waals surface area contributed by atoms with Crippen molar-refractivity contribution in [2.45, 2.75) is 31.8 Å². The van der Waals surface area contributed by atoms with E-state index in [0.29, 0.717) is 11.8 Å². The minimum Gasteiger partial charge on any atom is -0.390 e. The number of piperidine rings is 2. The summed E-state index contributed by atoms with van der Waals surface area (Å²) in [5.41, 5.74) is -0.449. The highest BCUT2D eigenvalue weighted by Gasteiger charge is 2.39. The number of hydrogen-bond donors (Lipinski definition) is 3. The molecule has 3 heteroatoms. The highest BCUT2D eigenvalue weighted by Crippen LogP contribution is 2.33. The third-order valence-electron chi connectivity index (χ3n) is 3.88. The van der Waals surface area contributed by atoms with E-state index in [1.54, 1.807) is 0 Å². The largest absolute Gasteiger partial charge is 0.390 e. The van der Waals surface area contributed by atoms with E-state index in [9.17, 15) is 5.11 Å². The molecular formula is C11H22N2O. The van der Waals surface area contributed by atoms with Crippen molar-refractivity contribution in [3.63, 3.8) is 0 Å². The van der Waals surface area contributed by atoms with Gasteiger partial charge in [-0.05, 0) is 51.7 Å². The van der Waals surface area contributed by atoms with Crippen molar-refractivity contribution in [2.75, 3.05) is 26.2 Å². The van der Waals surface area contributed by atoms with Crippen LogP contribution in [0.25, 0.3) is 0 Å². The zero-order valence-corrected chi connectivity index (χ0v) is 9.05. The maximum atomic E-state index is 10.3. The van der Waals surface area contributed by atoms with Gasteiger partial charge in [0.15, 0.2) is 0 Å². The standard InChI is InChI=1S/C11H22N2O/c1-11(14)4-6-13-8-10(11)9-3-2-5-12-7-9/h9-10,12-14H,2-8H2,1H3. The van der Waals surface area contributed by atoms with Crippen LogP contribution < -0.4 is 10.6 Å². The van der Waals surface area contributed by atoms with Crippen LogP contribution in [0.15, 0.2) is 0 Å². The van der Waals surface area contributed by atoms with Crippen LogP contribution in [0.2, 0.25) is 0 Å². The Hall–Kier alpha value is -0.120. The molecule has 0 aromatic heterocycles. The number of nitrogens with one attached hydrogen (secondary N) is 2. The summed E-state index contributed by atoms with van der Waals surface area (Å²) in [4.78, 5) is 0. The highest BCUT2D eigenvalue weighted by atomic mass is 16.3. The van der Waals surface area contributed by atoms with Gasteiger partial charge < -0.3 is 15.7 Å². The predicted octanol–water partition coefficient (Wildman–Crippen LogP) is 0.346. The zero-order chi connectivity index (χ0) is 10.0. The van der Waals surface area contributed by atoms with Crippen molar-refractivity contribution in [3.8, 4) is 0 Å². The second-order valence-electron chi connectivity index (χ2n) is 5.02. The summed E-state index contributed by atoms with van der Waals surface area (Å²) in [5.74, 6) is 1.09. The summed E-state index contributed by atoms with van der Waals surface area (Å²) in [6.07, 6.45) is 3.43. The molecule has 2 rings (SSSR count). The molecule has 0 aliphatic carbocycles. The van der Waals surface area contributed by atoms with Crippen LogP contribution in [0.4, 0.5) is 0 Å². The monoisotopic (exact) mass is 198 g/mol. The van der Waals surface area contributed by atoms with Crippen molar-refractivity contribution >= 4 is 0 Å². The number of aliphatic hydroxyl groups is 1. The zero-order valence-electron chi connectivity index (χ0n) is 9.05. The van der Waals surface area contributed by atoms with Gasteiger partial charge in [0.1, 0.15) is 0 Å². The molecule has 14 heavy (non-hydrogen) atoms. The molecule has 2 aliphatic heterocycles. The molecule has 0 aromatic rings. The Labute approximate surface area is 86.3 Å². The van der Waals surface area contributed by atoms with Crippen LogP contribution in [0.1, 0.15) is 26.2 Å². The lowest BCUT2D eigenvalue weighted by atomic mass is 9.73. The van der Waals surface area contributed by atoms with Crippen molar-refractivity contribution in [1.29, 1.82) is 0 Å². The minimum absolute atomic E-state index is 0.434. The maximum absolute atomic E-state index is 10.3. The molecule has 0 bridgehead atoms. The minimum atomic E-state index is -0.449. The second kappa shape index (κ2) is 4.17. The normalized spacial score (nSPS) is 45.0. The summed E-state index contributed by atoms with van der Waals surface area (Å²) in [7, 11) is 0. The van der Waals surface area contributed by atoms with Gasteiger partial charge in [0.2, 0.25) is 0 Å². The van der Waals surface area contributed by atoms with Crippen LogP contribution in [-0.2, 0) is 0 Å². The summed E-state index contributed by atoms with van der Waals surface area (Å²) in [5, 5.41) is 17.1.